The Labute approximate surface area is 115 Å². The number of hydrogen-bond donors (Lipinski definition) is 2. The molecule has 0 aromatic carbocycles. The van der Waals surface area contributed by atoms with Crippen molar-refractivity contribution in [2.45, 2.75) is 19.0 Å². The van der Waals surface area contributed by atoms with Gasteiger partial charge in [0.2, 0.25) is 0 Å². The van der Waals surface area contributed by atoms with E-state index in [0.717, 1.165) is 0 Å². The number of aromatic nitrogens is 2. The number of carboxylic acid groups (broad SMARTS) is 1. The number of morpholine rings is 1. The van der Waals surface area contributed by atoms with Crippen LogP contribution in [0.15, 0.2) is 18.6 Å². The van der Waals surface area contributed by atoms with E-state index in [2.05, 4.69) is 15.3 Å². The second-order valence-electron chi connectivity index (χ2n) is 4.38. The lowest BCUT2D eigenvalue weighted by molar-refractivity contribution is -0.139. The largest absolute Gasteiger partial charge is 0.481 e. The summed E-state index contributed by atoms with van der Waals surface area (Å²) in [5, 5.41) is 11.6. The summed E-state index contributed by atoms with van der Waals surface area (Å²) < 4.78 is 5.22. The summed E-state index contributed by atoms with van der Waals surface area (Å²) in [4.78, 5) is 32.2. The zero-order valence-electron chi connectivity index (χ0n) is 10.9. The first kappa shape index (κ1) is 14.2. The van der Waals surface area contributed by atoms with Crippen LogP contribution in [0.3, 0.4) is 0 Å². The van der Waals surface area contributed by atoms with Gasteiger partial charge in [-0.15, -0.1) is 0 Å². The molecule has 0 spiro atoms. The van der Waals surface area contributed by atoms with E-state index in [1.165, 1.54) is 11.2 Å². The summed E-state index contributed by atoms with van der Waals surface area (Å²) >= 11 is 0. The Hall–Kier alpha value is -2.22. The molecule has 2 rings (SSSR count). The number of carbonyl (C=O) groups excluding carboxylic acids is 1. The summed E-state index contributed by atoms with van der Waals surface area (Å²) in [5.41, 5.74) is 0.691. The molecule has 1 aliphatic heterocycles. The van der Waals surface area contributed by atoms with E-state index in [0.29, 0.717) is 18.8 Å². The van der Waals surface area contributed by atoms with E-state index in [9.17, 15) is 9.59 Å². The standard InChI is InChI=1S/C12H16N4O4/c17-11(18)5-10-7-20-4-3-16(10)12(19)14-6-9-1-2-13-8-15-9/h1-2,8,10H,3-7H2,(H,14,19)(H,17,18). The van der Waals surface area contributed by atoms with Gasteiger partial charge in [0.25, 0.3) is 0 Å². The van der Waals surface area contributed by atoms with Crippen LogP contribution in [-0.2, 0) is 16.1 Å². The molecular formula is C12H16N4O4. The first-order valence-corrected chi connectivity index (χ1v) is 6.25. The van der Waals surface area contributed by atoms with Crippen LogP contribution < -0.4 is 5.32 Å². The summed E-state index contributed by atoms with van der Waals surface area (Å²) in [7, 11) is 0. The molecule has 1 unspecified atom stereocenters. The van der Waals surface area contributed by atoms with Gasteiger partial charge in [0.05, 0.1) is 37.9 Å². The number of carboxylic acids is 1. The first-order valence-electron chi connectivity index (χ1n) is 6.25. The van der Waals surface area contributed by atoms with E-state index in [-0.39, 0.29) is 25.6 Å². The maximum atomic E-state index is 12.1. The zero-order valence-corrected chi connectivity index (χ0v) is 10.9. The summed E-state index contributed by atoms with van der Waals surface area (Å²) in [6.07, 6.45) is 2.88. The number of ether oxygens (including phenoxy) is 1. The lowest BCUT2D eigenvalue weighted by Crippen LogP contribution is -2.53. The van der Waals surface area contributed by atoms with Gasteiger partial charge in [0.1, 0.15) is 6.33 Å². The number of nitrogens with one attached hydrogen (secondary N) is 1. The maximum absolute atomic E-state index is 12.1. The van der Waals surface area contributed by atoms with Gasteiger partial charge >= 0.3 is 12.0 Å². The molecule has 8 heteroatoms. The Morgan fingerprint density at radius 1 is 1.55 bits per heavy atom. The molecule has 1 aliphatic rings. The Morgan fingerprint density at radius 2 is 2.40 bits per heavy atom. The maximum Gasteiger partial charge on any atom is 0.318 e. The van der Waals surface area contributed by atoms with Crippen LogP contribution in [0.25, 0.3) is 0 Å². The Bertz CT molecular complexity index is 468. The minimum atomic E-state index is -0.950. The van der Waals surface area contributed by atoms with E-state index >= 15 is 0 Å². The topological polar surface area (TPSA) is 105 Å². The molecule has 1 aromatic rings. The van der Waals surface area contributed by atoms with Crippen LogP contribution >= 0.6 is 0 Å². The average Bonchev–Trinajstić information content (AvgIpc) is 2.46. The van der Waals surface area contributed by atoms with Crippen molar-refractivity contribution >= 4 is 12.0 Å². The number of nitrogens with zero attached hydrogens (tertiary/aromatic N) is 3. The monoisotopic (exact) mass is 280 g/mol. The summed E-state index contributed by atoms with van der Waals surface area (Å²) in [6, 6.07) is 0.957. The molecule has 108 valence electrons. The molecule has 2 amide bonds. The molecule has 0 bridgehead atoms. The lowest BCUT2D eigenvalue weighted by Gasteiger charge is -2.34. The Morgan fingerprint density at radius 3 is 3.10 bits per heavy atom. The normalized spacial score (nSPS) is 18.6. The number of rotatable bonds is 4. The highest BCUT2D eigenvalue weighted by atomic mass is 16.5. The molecular weight excluding hydrogens is 264 g/mol. The van der Waals surface area contributed by atoms with Crippen molar-refractivity contribution in [2.75, 3.05) is 19.8 Å². The summed E-state index contributed by atoms with van der Waals surface area (Å²) in [6.45, 7) is 1.32. The number of carbonyl (C=O) groups is 2. The van der Waals surface area contributed by atoms with Gasteiger partial charge in [-0.2, -0.15) is 0 Å². The fraction of sp³-hybridized carbons (Fsp3) is 0.500. The van der Waals surface area contributed by atoms with Crippen LogP contribution in [0, 0.1) is 0 Å². The Kier molecular flexibility index (Phi) is 4.83. The fourth-order valence-corrected chi connectivity index (χ4v) is 1.98. The number of urea groups is 1. The minimum Gasteiger partial charge on any atom is -0.481 e. The first-order chi connectivity index (χ1) is 9.66. The highest BCUT2D eigenvalue weighted by molar-refractivity contribution is 5.76. The van der Waals surface area contributed by atoms with Gasteiger partial charge in [-0.05, 0) is 6.07 Å². The second-order valence-corrected chi connectivity index (χ2v) is 4.38. The molecule has 1 atom stereocenters. The van der Waals surface area contributed by atoms with Crippen LogP contribution in [0.1, 0.15) is 12.1 Å². The second kappa shape index (κ2) is 6.80. The third-order valence-electron chi connectivity index (χ3n) is 2.96. The Balaban J connectivity index is 1.90. The van der Waals surface area contributed by atoms with Crippen molar-refractivity contribution in [3.8, 4) is 0 Å². The van der Waals surface area contributed by atoms with Gasteiger partial charge in [0, 0.05) is 12.7 Å². The predicted molar refractivity (Wildman–Crippen MR) is 67.8 cm³/mol. The third-order valence-corrected chi connectivity index (χ3v) is 2.96. The van der Waals surface area contributed by atoms with Crippen molar-refractivity contribution in [1.82, 2.24) is 20.2 Å². The van der Waals surface area contributed by atoms with Gasteiger partial charge in [-0.25, -0.2) is 14.8 Å². The van der Waals surface area contributed by atoms with Crippen LogP contribution in [-0.4, -0.2) is 57.8 Å². The number of aliphatic carboxylic acids is 1. The van der Waals surface area contributed by atoms with Gasteiger partial charge in [0.15, 0.2) is 0 Å². The van der Waals surface area contributed by atoms with E-state index < -0.39 is 12.0 Å². The van der Waals surface area contributed by atoms with E-state index in [1.54, 1.807) is 12.3 Å². The smallest absolute Gasteiger partial charge is 0.318 e. The molecule has 2 N–H and O–H groups in total. The molecule has 20 heavy (non-hydrogen) atoms. The molecule has 1 fully saturated rings. The van der Waals surface area contributed by atoms with Gasteiger partial charge in [-0.1, -0.05) is 0 Å². The van der Waals surface area contributed by atoms with Crippen molar-refractivity contribution in [3.05, 3.63) is 24.3 Å². The third kappa shape index (κ3) is 3.89. The summed E-state index contributed by atoms with van der Waals surface area (Å²) in [5.74, 6) is -0.950. The fourth-order valence-electron chi connectivity index (χ4n) is 1.98. The van der Waals surface area contributed by atoms with Gasteiger partial charge in [-0.3, -0.25) is 4.79 Å². The van der Waals surface area contributed by atoms with Crippen molar-refractivity contribution in [1.29, 1.82) is 0 Å². The van der Waals surface area contributed by atoms with E-state index in [1.807, 2.05) is 0 Å². The van der Waals surface area contributed by atoms with Crippen molar-refractivity contribution in [3.63, 3.8) is 0 Å². The van der Waals surface area contributed by atoms with Crippen molar-refractivity contribution in [2.24, 2.45) is 0 Å². The minimum absolute atomic E-state index is 0.124. The molecule has 0 radical (unpaired) electrons. The molecule has 2 heterocycles. The number of hydrogen-bond acceptors (Lipinski definition) is 5. The molecule has 1 saturated heterocycles. The van der Waals surface area contributed by atoms with E-state index in [4.69, 9.17) is 9.84 Å². The SMILES string of the molecule is O=C(O)CC1COCCN1C(=O)NCc1ccncn1. The molecule has 0 saturated carbocycles. The van der Waals surface area contributed by atoms with Crippen LogP contribution in [0.5, 0.6) is 0 Å². The molecule has 8 nitrogen and oxygen atoms in total. The zero-order chi connectivity index (χ0) is 14.4. The average molecular weight is 280 g/mol. The number of amides is 2. The quantitative estimate of drug-likeness (QED) is 0.795. The molecule has 0 aliphatic carbocycles. The van der Waals surface area contributed by atoms with Crippen LogP contribution in [0.2, 0.25) is 0 Å². The van der Waals surface area contributed by atoms with Gasteiger partial charge < -0.3 is 20.1 Å². The lowest BCUT2D eigenvalue weighted by atomic mass is 10.1. The van der Waals surface area contributed by atoms with Crippen LogP contribution in [0.4, 0.5) is 4.79 Å². The highest BCUT2D eigenvalue weighted by Crippen LogP contribution is 2.11. The predicted octanol–water partition coefficient (Wildman–Crippen LogP) is -0.138. The molecule has 1 aromatic heterocycles. The highest BCUT2D eigenvalue weighted by Gasteiger charge is 2.28. The van der Waals surface area contributed by atoms with Crippen molar-refractivity contribution < 1.29 is 19.4 Å².